The molecule has 1 aromatic carbocycles. The number of aryl methyl sites for hydroxylation is 1. The lowest BCUT2D eigenvalue weighted by atomic mass is 10.1. The van der Waals surface area contributed by atoms with E-state index in [1.807, 2.05) is 30.3 Å². The predicted octanol–water partition coefficient (Wildman–Crippen LogP) is -0.157. The molecule has 2 aromatic heterocycles. The number of rotatable bonds is 4. The normalized spacial score (nSPS) is 15.7. The first-order valence-electron chi connectivity index (χ1n) is 9.99. The first kappa shape index (κ1) is 20.6. The van der Waals surface area contributed by atoms with Gasteiger partial charge in [-0.2, -0.15) is 5.26 Å². The number of hydrogen-bond donors (Lipinski definition) is 0. The second kappa shape index (κ2) is 8.20. The highest BCUT2D eigenvalue weighted by Gasteiger charge is 2.27. The number of carbonyl (C=O) groups excluding carboxylic acids is 1. The molecule has 0 bridgehead atoms. The Morgan fingerprint density at radius 3 is 2.42 bits per heavy atom. The average molecular weight is 421 g/mol. The highest BCUT2D eigenvalue weighted by molar-refractivity contribution is 5.79. The first-order valence-corrected chi connectivity index (χ1v) is 9.99. The molecular weight excluding hydrogens is 398 g/mol. The molecular formula is C21H23N7O3. The number of hydrogen-bond acceptors (Lipinski definition) is 6. The van der Waals surface area contributed by atoms with E-state index >= 15 is 0 Å². The summed E-state index contributed by atoms with van der Waals surface area (Å²) in [7, 11) is 2.95. The van der Waals surface area contributed by atoms with Gasteiger partial charge in [-0.15, -0.1) is 0 Å². The van der Waals surface area contributed by atoms with Crippen LogP contribution in [-0.4, -0.2) is 60.6 Å². The van der Waals surface area contributed by atoms with Gasteiger partial charge in [-0.1, -0.05) is 30.3 Å². The summed E-state index contributed by atoms with van der Waals surface area (Å²) >= 11 is 0. The van der Waals surface area contributed by atoms with E-state index in [4.69, 9.17) is 0 Å². The van der Waals surface area contributed by atoms with Crippen LogP contribution < -0.4 is 11.2 Å². The Labute approximate surface area is 178 Å². The number of amides is 1. The number of imidazole rings is 1. The number of nitrogens with zero attached hydrogens (tertiary/aromatic N) is 7. The summed E-state index contributed by atoms with van der Waals surface area (Å²) in [6, 6.07) is 11.6. The zero-order chi connectivity index (χ0) is 22.1. The summed E-state index contributed by atoms with van der Waals surface area (Å²) < 4.78 is 3.80. The summed E-state index contributed by atoms with van der Waals surface area (Å²) in [5.74, 6) is -0.136. The van der Waals surface area contributed by atoms with Crippen molar-refractivity contribution in [2.45, 2.75) is 12.6 Å². The average Bonchev–Trinajstić information content (AvgIpc) is 3.21. The van der Waals surface area contributed by atoms with Gasteiger partial charge in [0.15, 0.2) is 11.2 Å². The fourth-order valence-electron chi connectivity index (χ4n) is 3.99. The van der Waals surface area contributed by atoms with Gasteiger partial charge >= 0.3 is 5.69 Å². The molecule has 1 amide bonds. The largest absolute Gasteiger partial charge is 0.339 e. The summed E-state index contributed by atoms with van der Waals surface area (Å²) in [6.07, 6.45) is 1.42. The van der Waals surface area contributed by atoms with Crippen LogP contribution >= 0.6 is 0 Å². The number of carbonyl (C=O) groups is 1. The lowest BCUT2D eigenvalue weighted by Gasteiger charge is -2.37. The molecule has 1 aliphatic heterocycles. The van der Waals surface area contributed by atoms with Gasteiger partial charge in [-0.25, -0.2) is 9.78 Å². The van der Waals surface area contributed by atoms with Gasteiger partial charge in [-0.3, -0.25) is 23.6 Å². The number of nitriles is 1. The number of piperazine rings is 1. The lowest BCUT2D eigenvalue weighted by molar-refractivity contribution is -0.133. The van der Waals surface area contributed by atoms with Gasteiger partial charge in [0.1, 0.15) is 12.6 Å². The van der Waals surface area contributed by atoms with E-state index in [0.29, 0.717) is 26.2 Å². The molecule has 10 heteroatoms. The van der Waals surface area contributed by atoms with Crippen molar-refractivity contribution >= 4 is 17.1 Å². The van der Waals surface area contributed by atoms with Gasteiger partial charge in [0.2, 0.25) is 5.91 Å². The van der Waals surface area contributed by atoms with Crippen LogP contribution in [-0.2, 0) is 25.4 Å². The fraction of sp³-hybridized carbons (Fsp3) is 0.381. The van der Waals surface area contributed by atoms with Gasteiger partial charge in [-0.05, 0) is 5.56 Å². The van der Waals surface area contributed by atoms with Crippen molar-refractivity contribution in [1.82, 2.24) is 28.5 Å². The van der Waals surface area contributed by atoms with Gasteiger partial charge in [0, 0.05) is 40.3 Å². The molecule has 0 radical (unpaired) electrons. The van der Waals surface area contributed by atoms with Crippen LogP contribution in [0.25, 0.3) is 11.2 Å². The number of aromatic nitrogens is 4. The van der Waals surface area contributed by atoms with Crippen LogP contribution in [0.5, 0.6) is 0 Å². The minimum Gasteiger partial charge on any atom is -0.339 e. The van der Waals surface area contributed by atoms with Crippen LogP contribution in [0.4, 0.5) is 0 Å². The zero-order valence-electron chi connectivity index (χ0n) is 17.4. The molecule has 10 nitrogen and oxygen atoms in total. The molecule has 3 heterocycles. The van der Waals surface area contributed by atoms with Crippen molar-refractivity contribution in [3.05, 3.63) is 63.1 Å². The smallest absolute Gasteiger partial charge is 0.332 e. The Hall–Kier alpha value is -3.71. The van der Waals surface area contributed by atoms with E-state index < -0.39 is 11.2 Å². The number of benzene rings is 1. The zero-order valence-corrected chi connectivity index (χ0v) is 17.4. The Morgan fingerprint density at radius 1 is 1.10 bits per heavy atom. The fourth-order valence-corrected chi connectivity index (χ4v) is 3.99. The Bertz CT molecular complexity index is 1270. The third-order valence-electron chi connectivity index (χ3n) is 5.79. The Kier molecular flexibility index (Phi) is 5.44. The molecule has 31 heavy (non-hydrogen) atoms. The van der Waals surface area contributed by atoms with Crippen molar-refractivity contribution in [2.24, 2.45) is 14.1 Å². The summed E-state index contributed by atoms with van der Waals surface area (Å²) in [4.78, 5) is 45.5. The second-order valence-corrected chi connectivity index (χ2v) is 7.61. The van der Waals surface area contributed by atoms with Crippen LogP contribution in [0, 0.1) is 11.3 Å². The summed E-state index contributed by atoms with van der Waals surface area (Å²) in [5, 5.41) is 9.63. The Balaban J connectivity index is 1.47. The highest BCUT2D eigenvalue weighted by atomic mass is 16.2. The molecule has 160 valence electrons. The van der Waals surface area contributed by atoms with Gasteiger partial charge in [0.25, 0.3) is 5.56 Å². The first-order chi connectivity index (χ1) is 14.9. The molecule has 1 fully saturated rings. The summed E-state index contributed by atoms with van der Waals surface area (Å²) in [5.41, 5.74) is 0.482. The maximum absolute atomic E-state index is 12.9. The molecule has 1 aliphatic rings. The minimum atomic E-state index is -0.479. The molecule has 4 rings (SSSR count). The summed E-state index contributed by atoms with van der Waals surface area (Å²) in [6.45, 7) is 2.11. The van der Waals surface area contributed by atoms with Crippen molar-refractivity contribution in [1.29, 1.82) is 5.26 Å². The molecule has 1 saturated heterocycles. The maximum atomic E-state index is 12.9. The molecule has 0 N–H and O–H groups in total. The van der Waals surface area contributed by atoms with E-state index in [1.165, 1.54) is 22.5 Å². The van der Waals surface area contributed by atoms with E-state index in [2.05, 4.69) is 16.0 Å². The quantitative estimate of drug-likeness (QED) is 0.579. The molecule has 1 unspecified atom stereocenters. The topological polar surface area (TPSA) is 109 Å². The lowest BCUT2D eigenvalue weighted by Crippen LogP contribution is -2.50. The molecule has 0 saturated carbocycles. The molecule has 0 spiro atoms. The van der Waals surface area contributed by atoms with E-state index in [-0.39, 0.29) is 29.7 Å². The van der Waals surface area contributed by atoms with Crippen LogP contribution in [0.3, 0.4) is 0 Å². The standard InChI is InChI=1S/C21H23N7O3/c1-24-19-18(20(30)25(2)21(24)31)28(14-23-19)13-17(29)27-10-8-26(9-11-27)16(12-22)15-6-4-3-5-7-15/h3-7,14,16H,8-11,13H2,1-2H3. The van der Waals surface area contributed by atoms with E-state index in [0.717, 1.165) is 10.1 Å². The van der Waals surface area contributed by atoms with Crippen LogP contribution in [0.15, 0.2) is 46.2 Å². The van der Waals surface area contributed by atoms with Crippen molar-refractivity contribution < 1.29 is 4.79 Å². The van der Waals surface area contributed by atoms with Crippen molar-refractivity contribution in [3.8, 4) is 6.07 Å². The highest BCUT2D eigenvalue weighted by Crippen LogP contribution is 2.21. The third-order valence-corrected chi connectivity index (χ3v) is 5.79. The number of fused-ring (bicyclic) bond motifs is 1. The van der Waals surface area contributed by atoms with Crippen LogP contribution in [0.1, 0.15) is 11.6 Å². The monoisotopic (exact) mass is 421 g/mol. The van der Waals surface area contributed by atoms with Crippen molar-refractivity contribution in [3.63, 3.8) is 0 Å². The van der Waals surface area contributed by atoms with Crippen LogP contribution in [0.2, 0.25) is 0 Å². The predicted molar refractivity (Wildman–Crippen MR) is 113 cm³/mol. The molecule has 3 aromatic rings. The third kappa shape index (κ3) is 3.64. The van der Waals surface area contributed by atoms with E-state index in [9.17, 15) is 19.6 Å². The molecule has 1 atom stereocenters. The SMILES string of the molecule is Cn1c(=O)c2c(ncn2CC(=O)N2CCN(C(C#N)c3ccccc3)CC2)n(C)c1=O. The molecule has 0 aliphatic carbocycles. The van der Waals surface area contributed by atoms with Gasteiger partial charge in [0.05, 0.1) is 12.4 Å². The second-order valence-electron chi connectivity index (χ2n) is 7.61. The van der Waals surface area contributed by atoms with Crippen molar-refractivity contribution in [2.75, 3.05) is 26.2 Å². The minimum absolute atomic E-state index is 0.0374. The van der Waals surface area contributed by atoms with E-state index in [1.54, 1.807) is 11.9 Å². The maximum Gasteiger partial charge on any atom is 0.332 e. The Morgan fingerprint density at radius 2 is 1.77 bits per heavy atom. The van der Waals surface area contributed by atoms with Gasteiger partial charge < -0.3 is 9.47 Å².